The molecule has 7 nitrogen and oxygen atoms in total. The molecule has 0 fully saturated rings. The van der Waals surface area contributed by atoms with E-state index in [9.17, 15) is 14.4 Å². The highest BCUT2D eigenvalue weighted by molar-refractivity contribution is 8.00. The van der Waals surface area contributed by atoms with E-state index in [1.54, 1.807) is 30.3 Å². The number of carbonyl (C=O) groups is 2. The number of aromatic nitrogens is 2. The summed E-state index contributed by atoms with van der Waals surface area (Å²) >= 11 is 1.47. The summed E-state index contributed by atoms with van der Waals surface area (Å²) in [6, 6.07) is 10.3. The van der Waals surface area contributed by atoms with Crippen molar-refractivity contribution in [3.8, 4) is 0 Å². The zero-order valence-corrected chi connectivity index (χ0v) is 14.0. The molecular weight excluding hydrogens is 340 g/mol. The number of hydrogen-bond donors (Lipinski definition) is 4. The number of imidazole rings is 1. The molecule has 0 bridgehead atoms. The van der Waals surface area contributed by atoms with Gasteiger partial charge in [0, 0.05) is 16.1 Å². The standard InChI is InChI=1S/C17H14N4O3S/c1-8-15(22)19-13-6-9(2-5-14(13)25-8)16(23)18-10-3-4-11-12(7-10)21-17(24)20-11/h2-8H,1H3,(H,18,23)(H,19,22)(H2,20,21,24). The minimum absolute atomic E-state index is 0.0723. The Bertz CT molecular complexity index is 1070. The molecule has 2 aromatic carbocycles. The van der Waals surface area contributed by atoms with Crippen LogP contribution in [0.3, 0.4) is 0 Å². The molecule has 25 heavy (non-hydrogen) atoms. The lowest BCUT2D eigenvalue weighted by Crippen LogP contribution is -2.26. The van der Waals surface area contributed by atoms with Crippen LogP contribution < -0.4 is 16.3 Å². The summed E-state index contributed by atoms with van der Waals surface area (Å²) in [5, 5.41) is 5.45. The van der Waals surface area contributed by atoms with E-state index in [0.717, 1.165) is 4.90 Å². The van der Waals surface area contributed by atoms with Crippen LogP contribution in [0.25, 0.3) is 11.0 Å². The average molecular weight is 354 g/mol. The van der Waals surface area contributed by atoms with Gasteiger partial charge in [-0.05, 0) is 43.3 Å². The smallest absolute Gasteiger partial charge is 0.323 e. The van der Waals surface area contributed by atoms with Crippen molar-refractivity contribution in [2.45, 2.75) is 17.1 Å². The number of fused-ring (bicyclic) bond motifs is 2. The summed E-state index contributed by atoms with van der Waals surface area (Å²) in [7, 11) is 0. The topological polar surface area (TPSA) is 107 Å². The summed E-state index contributed by atoms with van der Waals surface area (Å²) in [5.74, 6) is -0.366. The van der Waals surface area contributed by atoms with Crippen LogP contribution >= 0.6 is 11.8 Å². The number of benzene rings is 2. The van der Waals surface area contributed by atoms with Crippen LogP contribution in [0.1, 0.15) is 17.3 Å². The van der Waals surface area contributed by atoms with Gasteiger partial charge >= 0.3 is 5.69 Å². The lowest BCUT2D eigenvalue weighted by molar-refractivity contribution is -0.115. The number of aromatic amines is 2. The fraction of sp³-hybridized carbons (Fsp3) is 0.118. The van der Waals surface area contributed by atoms with E-state index in [2.05, 4.69) is 20.6 Å². The molecule has 0 spiro atoms. The molecule has 1 atom stereocenters. The Morgan fingerprint density at radius 1 is 1.08 bits per heavy atom. The number of nitrogens with one attached hydrogen (secondary N) is 4. The average Bonchev–Trinajstić information content (AvgIpc) is 2.94. The number of amides is 2. The van der Waals surface area contributed by atoms with Gasteiger partial charge in [-0.3, -0.25) is 9.59 Å². The van der Waals surface area contributed by atoms with Gasteiger partial charge in [-0.2, -0.15) is 0 Å². The molecule has 1 aliphatic rings. The van der Waals surface area contributed by atoms with Crippen molar-refractivity contribution >= 4 is 46.0 Å². The first kappa shape index (κ1) is 15.5. The Hall–Kier alpha value is -3.00. The van der Waals surface area contributed by atoms with Gasteiger partial charge in [0.1, 0.15) is 0 Å². The molecule has 4 rings (SSSR count). The van der Waals surface area contributed by atoms with E-state index in [1.807, 2.05) is 13.0 Å². The summed E-state index contributed by atoms with van der Waals surface area (Å²) in [6.07, 6.45) is 0. The van der Waals surface area contributed by atoms with Crippen molar-refractivity contribution in [2.75, 3.05) is 10.6 Å². The Morgan fingerprint density at radius 3 is 2.72 bits per heavy atom. The highest BCUT2D eigenvalue weighted by atomic mass is 32.2. The van der Waals surface area contributed by atoms with Gasteiger partial charge in [-0.25, -0.2) is 4.79 Å². The third-order valence-corrected chi connectivity index (χ3v) is 5.12. The largest absolute Gasteiger partial charge is 0.324 e. The Balaban J connectivity index is 1.59. The van der Waals surface area contributed by atoms with E-state index in [-0.39, 0.29) is 22.8 Å². The molecule has 4 N–H and O–H groups in total. The maximum absolute atomic E-state index is 12.5. The predicted molar refractivity (Wildman–Crippen MR) is 97.3 cm³/mol. The van der Waals surface area contributed by atoms with Crippen LogP contribution in [0, 0.1) is 0 Å². The molecule has 0 saturated carbocycles. The molecule has 2 amide bonds. The minimum Gasteiger partial charge on any atom is -0.324 e. The van der Waals surface area contributed by atoms with Crippen LogP contribution in [0.5, 0.6) is 0 Å². The number of H-pyrrole nitrogens is 2. The zero-order chi connectivity index (χ0) is 17.6. The van der Waals surface area contributed by atoms with Gasteiger partial charge in [0.2, 0.25) is 5.91 Å². The SMILES string of the molecule is CC1Sc2ccc(C(=O)Nc3ccc4[nH]c(=O)[nH]c4c3)cc2NC1=O. The van der Waals surface area contributed by atoms with Gasteiger partial charge in [0.05, 0.1) is 22.0 Å². The third-order valence-electron chi connectivity index (χ3n) is 3.95. The molecule has 0 aliphatic carbocycles. The summed E-state index contributed by atoms with van der Waals surface area (Å²) in [4.78, 5) is 41.8. The van der Waals surface area contributed by atoms with Crippen LogP contribution in [0.15, 0.2) is 46.1 Å². The van der Waals surface area contributed by atoms with Crippen molar-refractivity contribution < 1.29 is 9.59 Å². The van der Waals surface area contributed by atoms with E-state index in [1.165, 1.54) is 11.8 Å². The summed E-state index contributed by atoms with van der Waals surface area (Å²) in [5.41, 5.74) is 2.65. The first-order valence-corrected chi connectivity index (χ1v) is 8.52. The van der Waals surface area contributed by atoms with Crippen LogP contribution in [0.4, 0.5) is 11.4 Å². The van der Waals surface area contributed by atoms with Gasteiger partial charge in [-0.15, -0.1) is 11.8 Å². The fourth-order valence-electron chi connectivity index (χ4n) is 2.66. The lowest BCUT2D eigenvalue weighted by Gasteiger charge is -2.21. The summed E-state index contributed by atoms with van der Waals surface area (Å²) < 4.78 is 0. The van der Waals surface area contributed by atoms with Crippen molar-refractivity contribution in [3.63, 3.8) is 0 Å². The van der Waals surface area contributed by atoms with E-state index in [4.69, 9.17) is 0 Å². The molecule has 126 valence electrons. The molecule has 8 heteroatoms. The number of thioether (sulfide) groups is 1. The van der Waals surface area contributed by atoms with E-state index >= 15 is 0 Å². The molecule has 0 saturated heterocycles. The second-order valence-electron chi connectivity index (χ2n) is 5.75. The van der Waals surface area contributed by atoms with E-state index < -0.39 is 0 Å². The molecular formula is C17H14N4O3S. The second kappa shape index (κ2) is 5.82. The van der Waals surface area contributed by atoms with Gasteiger partial charge < -0.3 is 20.6 Å². The monoisotopic (exact) mass is 354 g/mol. The maximum Gasteiger partial charge on any atom is 0.323 e. The van der Waals surface area contributed by atoms with Crippen LogP contribution in [-0.4, -0.2) is 27.0 Å². The Labute approximate surface area is 146 Å². The molecule has 1 unspecified atom stereocenters. The maximum atomic E-state index is 12.5. The Kier molecular flexibility index (Phi) is 3.61. The Morgan fingerprint density at radius 2 is 1.88 bits per heavy atom. The van der Waals surface area contributed by atoms with E-state index in [0.29, 0.717) is 28.0 Å². The molecule has 3 aromatic rings. The number of rotatable bonds is 2. The molecule has 2 heterocycles. The highest BCUT2D eigenvalue weighted by Crippen LogP contribution is 2.36. The first-order chi connectivity index (χ1) is 12.0. The first-order valence-electron chi connectivity index (χ1n) is 7.64. The number of carbonyl (C=O) groups excluding carboxylic acids is 2. The van der Waals surface area contributed by atoms with Crippen molar-refractivity contribution in [3.05, 3.63) is 52.4 Å². The zero-order valence-electron chi connectivity index (χ0n) is 13.2. The predicted octanol–water partition coefficient (Wildman–Crippen LogP) is 2.54. The number of hydrogen-bond acceptors (Lipinski definition) is 4. The quantitative estimate of drug-likeness (QED) is 0.567. The van der Waals surface area contributed by atoms with Gasteiger partial charge in [-0.1, -0.05) is 0 Å². The lowest BCUT2D eigenvalue weighted by atomic mass is 10.1. The van der Waals surface area contributed by atoms with Crippen molar-refractivity contribution in [2.24, 2.45) is 0 Å². The normalized spacial score (nSPS) is 16.4. The molecule has 1 aromatic heterocycles. The highest BCUT2D eigenvalue weighted by Gasteiger charge is 2.23. The third kappa shape index (κ3) is 2.91. The van der Waals surface area contributed by atoms with Gasteiger partial charge in [0.25, 0.3) is 5.91 Å². The van der Waals surface area contributed by atoms with Crippen molar-refractivity contribution in [1.29, 1.82) is 0 Å². The molecule has 0 radical (unpaired) electrons. The van der Waals surface area contributed by atoms with Crippen LogP contribution in [-0.2, 0) is 4.79 Å². The molecule has 1 aliphatic heterocycles. The van der Waals surface area contributed by atoms with Crippen LogP contribution in [0.2, 0.25) is 0 Å². The minimum atomic E-state index is -0.296. The fourth-order valence-corrected chi connectivity index (χ4v) is 3.59. The summed E-state index contributed by atoms with van der Waals surface area (Å²) in [6.45, 7) is 1.84. The van der Waals surface area contributed by atoms with Crippen molar-refractivity contribution in [1.82, 2.24) is 9.97 Å². The number of anilines is 2. The second-order valence-corrected chi connectivity index (χ2v) is 7.14. The van der Waals surface area contributed by atoms with Gasteiger partial charge in [0.15, 0.2) is 0 Å².